The number of hydrogen-bond acceptors (Lipinski definition) is 3. The van der Waals surface area contributed by atoms with Crippen LogP contribution in [-0.2, 0) is 9.59 Å². The van der Waals surface area contributed by atoms with Crippen LogP contribution in [-0.4, -0.2) is 36.1 Å². The minimum Gasteiger partial charge on any atom is -0.481 e. The van der Waals surface area contributed by atoms with Crippen molar-refractivity contribution in [3.05, 3.63) is 0 Å². The molecule has 1 amide bonds. The Kier molecular flexibility index (Phi) is 3.88. The van der Waals surface area contributed by atoms with Gasteiger partial charge in [0.25, 0.3) is 0 Å². The molecule has 0 radical (unpaired) electrons. The smallest absolute Gasteiger partial charge is 0.308 e. The van der Waals surface area contributed by atoms with E-state index in [1.807, 2.05) is 0 Å². The van der Waals surface area contributed by atoms with Crippen LogP contribution < -0.4 is 10.6 Å². The van der Waals surface area contributed by atoms with Gasteiger partial charge in [-0.25, -0.2) is 0 Å². The van der Waals surface area contributed by atoms with Crippen LogP contribution in [0, 0.1) is 5.92 Å². The number of amides is 1. The van der Waals surface area contributed by atoms with Gasteiger partial charge in [0.15, 0.2) is 0 Å². The minimum absolute atomic E-state index is 0.0874. The van der Waals surface area contributed by atoms with E-state index in [0.717, 1.165) is 19.4 Å². The van der Waals surface area contributed by atoms with Crippen LogP contribution in [0.5, 0.6) is 0 Å². The fourth-order valence-corrected chi connectivity index (χ4v) is 1.37. The maximum atomic E-state index is 11.4. The first-order valence-electron chi connectivity index (χ1n) is 4.85. The summed E-state index contributed by atoms with van der Waals surface area (Å²) in [6.45, 7) is 2.64. The molecule has 1 aliphatic heterocycles. The Labute approximate surface area is 82.9 Å². The molecule has 0 spiro atoms. The second kappa shape index (κ2) is 4.95. The summed E-state index contributed by atoms with van der Waals surface area (Å²) in [5, 5.41) is 14.3. The maximum Gasteiger partial charge on any atom is 0.308 e. The van der Waals surface area contributed by atoms with Crippen LogP contribution in [0.15, 0.2) is 0 Å². The van der Waals surface area contributed by atoms with Gasteiger partial charge in [-0.1, -0.05) is 6.92 Å². The highest BCUT2D eigenvalue weighted by atomic mass is 16.4. The van der Waals surface area contributed by atoms with Crippen LogP contribution in [0.25, 0.3) is 0 Å². The van der Waals surface area contributed by atoms with Crippen molar-refractivity contribution in [3.8, 4) is 0 Å². The molecular formula is C9H16N2O3. The predicted octanol–water partition coefficient (Wildman–Crippen LogP) is -0.425. The third kappa shape index (κ3) is 2.99. The molecule has 1 rings (SSSR count). The standard InChI is InChI=1S/C9H16N2O3/c1-6(9(13)14)5-11-8(12)7-3-2-4-10-7/h6-7,10H,2-5H2,1H3,(H,11,12)(H,13,14). The zero-order valence-electron chi connectivity index (χ0n) is 8.25. The van der Waals surface area contributed by atoms with E-state index in [0.29, 0.717) is 0 Å². The van der Waals surface area contributed by atoms with Gasteiger partial charge in [-0.15, -0.1) is 0 Å². The molecule has 3 N–H and O–H groups in total. The molecule has 1 fully saturated rings. The molecule has 0 aliphatic carbocycles. The highest BCUT2D eigenvalue weighted by Gasteiger charge is 2.22. The highest BCUT2D eigenvalue weighted by molar-refractivity contribution is 5.82. The molecule has 0 saturated carbocycles. The van der Waals surface area contributed by atoms with Crippen molar-refractivity contribution in [3.63, 3.8) is 0 Å². The van der Waals surface area contributed by atoms with Gasteiger partial charge in [0.05, 0.1) is 12.0 Å². The van der Waals surface area contributed by atoms with E-state index in [1.54, 1.807) is 6.92 Å². The molecule has 5 nitrogen and oxygen atoms in total. The quantitative estimate of drug-likeness (QED) is 0.575. The van der Waals surface area contributed by atoms with Gasteiger partial charge in [-0.3, -0.25) is 9.59 Å². The minimum atomic E-state index is -0.885. The van der Waals surface area contributed by atoms with E-state index < -0.39 is 11.9 Å². The number of hydrogen-bond donors (Lipinski definition) is 3. The summed E-state index contributed by atoms with van der Waals surface area (Å²) in [6.07, 6.45) is 1.85. The van der Waals surface area contributed by atoms with Crippen molar-refractivity contribution in [2.75, 3.05) is 13.1 Å². The molecule has 14 heavy (non-hydrogen) atoms. The first kappa shape index (κ1) is 11.0. The Hall–Kier alpha value is -1.10. The Morgan fingerprint density at radius 3 is 2.86 bits per heavy atom. The van der Waals surface area contributed by atoms with Crippen molar-refractivity contribution >= 4 is 11.9 Å². The normalized spacial score (nSPS) is 23.1. The summed E-state index contributed by atoms with van der Waals surface area (Å²) in [6, 6.07) is -0.129. The summed E-state index contributed by atoms with van der Waals surface area (Å²) in [5.74, 6) is -1.50. The Morgan fingerprint density at radius 1 is 1.64 bits per heavy atom. The summed E-state index contributed by atoms with van der Waals surface area (Å²) >= 11 is 0. The average Bonchev–Trinajstić information content (AvgIpc) is 2.66. The largest absolute Gasteiger partial charge is 0.481 e. The van der Waals surface area contributed by atoms with Crippen molar-refractivity contribution < 1.29 is 14.7 Å². The van der Waals surface area contributed by atoms with E-state index in [4.69, 9.17) is 5.11 Å². The van der Waals surface area contributed by atoms with Gasteiger partial charge in [-0.05, 0) is 19.4 Å². The van der Waals surface area contributed by atoms with E-state index >= 15 is 0 Å². The maximum absolute atomic E-state index is 11.4. The van der Waals surface area contributed by atoms with E-state index in [9.17, 15) is 9.59 Å². The van der Waals surface area contributed by atoms with Gasteiger partial charge in [-0.2, -0.15) is 0 Å². The highest BCUT2D eigenvalue weighted by Crippen LogP contribution is 2.04. The average molecular weight is 200 g/mol. The second-order valence-corrected chi connectivity index (χ2v) is 3.63. The SMILES string of the molecule is CC(CNC(=O)C1CCCN1)C(=O)O. The lowest BCUT2D eigenvalue weighted by atomic mass is 10.1. The molecule has 0 aromatic heterocycles. The van der Waals surface area contributed by atoms with Gasteiger partial charge < -0.3 is 15.7 Å². The molecule has 2 unspecified atom stereocenters. The zero-order valence-corrected chi connectivity index (χ0v) is 8.25. The first-order valence-corrected chi connectivity index (χ1v) is 4.85. The van der Waals surface area contributed by atoms with E-state index in [2.05, 4.69) is 10.6 Å². The summed E-state index contributed by atoms with van der Waals surface area (Å²) in [4.78, 5) is 21.9. The van der Waals surface area contributed by atoms with E-state index in [1.165, 1.54) is 0 Å². The molecular weight excluding hydrogens is 184 g/mol. The third-order valence-corrected chi connectivity index (χ3v) is 2.38. The van der Waals surface area contributed by atoms with Gasteiger partial charge in [0.1, 0.15) is 0 Å². The van der Waals surface area contributed by atoms with E-state index in [-0.39, 0.29) is 18.5 Å². The molecule has 0 aromatic rings. The van der Waals surface area contributed by atoms with Crippen LogP contribution >= 0.6 is 0 Å². The van der Waals surface area contributed by atoms with Crippen LogP contribution in [0.4, 0.5) is 0 Å². The molecule has 0 bridgehead atoms. The Balaban J connectivity index is 2.23. The van der Waals surface area contributed by atoms with Crippen LogP contribution in [0.2, 0.25) is 0 Å². The third-order valence-electron chi connectivity index (χ3n) is 2.38. The number of carboxylic acids is 1. The number of nitrogens with one attached hydrogen (secondary N) is 2. The molecule has 0 aromatic carbocycles. The molecule has 80 valence electrons. The van der Waals surface area contributed by atoms with Gasteiger partial charge in [0.2, 0.25) is 5.91 Å². The molecule has 1 saturated heterocycles. The second-order valence-electron chi connectivity index (χ2n) is 3.63. The van der Waals surface area contributed by atoms with Crippen molar-refractivity contribution in [1.82, 2.24) is 10.6 Å². The van der Waals surface area contributed by atoms with Crippen LogP contribution in [0.1, 0.15) is 19.8 Å². The lowest BCUT2D eigenvalue weighted by molar-refractivity contribution is -0.141. The Morgan fingerprint density at radius 2 is 2.36 bits per heavy atom. The van der Waals surface area contributed by atoms with Gasteiger partial charge in [0, 0.05) is 6.54 Å². The van der Waals surface area contributed by atoms with Crippen molar-refractivity contribution in [2.45, 2.75) is 25.8 Å². The number of carboxylic acid groups (broad SMARTS) is 1. The number of aliphatic carboxylic acids is 1. The molecule has 1 heterocycles. The fraction of sp³-hybridized carbons (Fsp3) is 0.778. The Bertz CT molecular complexity index is 224. The lowest BCUT2D eigenvalue weighted by Crippen LogP contribution is -2.42. The number of rotatable bonds is 4. The monoisotopic (exact) mass is 200 g/mol. The fourth-order valence-electron chi connectivity index (χ4n) is 1.37. The van der Waals surface area contributed by atoms with Crippen LogP contribution in [0.3, 0.4) is 0 Å². The summed E-state index contributed by atoms with van der Waals surface area (Å²) in [5.41, 5.74) is 0. The number of carbonyl (C=O) groups is 2. The lowest BCUT2D eigenvalue weighted by Gasteiger charge is -2.12. The summed E-state index contributed by atoms with van der Waals surface area (Å²) < 4.78 is 0. The molecule has 2 atom stereocenters. The first-order chi connectivity index (χ1) is 6.61. The zero-order chi connectivity index (χ0) is 10.6. The summed E-state index contributed by atoms with van der Waals surface area (Å²) in [7, 11) is 0. The predicted molar refractivity (Wildman–Crippen MR) is 50.8 cm³/mol. The van der Waals surface area contributed by atoms with Gasteiger partial charge >= 0.3 is 5.97 Å². The molecule has 5 heteroatoms. The van der Waals surface area contributed by atoms with Crippen molar-refractivity contribution in [1.29, 1.82) is 0 Å². The topological polar surface area (TPSA) is 78.4 Å². The van der Waals surface area contributed by atoms with Crippen molar-refractivity contribution in [2.24, 2.45) is 5.92 Å². The number of carbonyl (C=O) groups excluding carboxylic acids is 1. The molecule has 1 aliphatic rings.